The van der Waals surface area contributed by atoms with Crippen LogP contribution < -0.4 is 10.5 Å². The molecule has 1 aliphatic carbocycles. The molecule has 1 aromatic rings. The number of benzene rings is 1. The molecule has 0 aromatic heterocycles. The van der Waals surface area contributed by atoms with Crippen molar-refractivity contribution >= 4 is 21.9 Å². The largest absolute Gasteiger partial charge is 0.481 e. The van der Waals surface area contributed by atoms with Gasteiger partial charge in [-0.3, -0.25) is 9.59 Å². The topological polar surface area (TPSA) is 127 Å². The Balaban J connectivity index is 2.01. The first-order valence-corrected chi connectivity index (χ1v) is 8.59. The molecule has 1 aromatic carbocycles. The van der Waals surface area contributed by atoms with Gasteiger partial charge in [0, 0.05) is 11.6 Å². The highest BCUT2D eigenvalue weighted by Gasteiger charge is 2.30. The van der Waals surface area contributed by atoms with E-state index in [0.717, 1.165) is 0 Å². The number of rotatable bonds is 5. The van der Waals surface area contributed by atoms with Crippen LogP contribution in [0.2, 0.25) is 0 Å². The summed E-state index contributed by atoms with van der Waals surface area (Å²) >= 11 is 0. The number of nitrogens with one attached hydrogen (secondary N) is 1. The van der Waals surface area contributed by atoms with Gasteiger partial charge in [0.2, 0.25) is 10.0 Å². The lowest BCUT2D eigenvalue weighted by Gasteiger charge is -2.13. The molecule has 1 amide bonds. The van der Waals surface area contributed by atoms with Crippen LogP contribution in [0.15, 0.2) is 24.3 Å². The highest BCUT2D eigenvalue weighted by atomic mass is 32.2. The predicted octanol–water partition coefficient (Wildman–Crippen LogP) is 0.458. The van der Waals surface area contributed by atoms with Crippen LogP contribution in [-0.2, 0) is 20.6 Å². The summed E-state index contributed by atoms with van der Waals surface area (Å²) in [5.74, 6) is -1.93. The van der Waals surface area contributed by atoms with E-state index in [9.17, 15) is 18.0 Å². The summed E-state index contributed by atoms with van der Waals surface area (Å²) in [7, 11) is -3.66. The zero-order chi connectivity index (χ0) is 16.3. The van der Waals surface area contributed by atoms with Gasteiger partial charge >= 0.3 is 5.97 Å². The van der Waals surface area contributed by atoms with Crippen molar-refractivity contribution in [1.82, 2.24) is 5.32 Å². The molecule has 0 bridgehead atoms. The third kappa shape index (κ3) is 4.54. The lowest BCUT2D eigenvalue weighted by atomic mass is 10.1. The number of aliphatic carboxylic acids is 1. The van der Waals surface area contributed by atoms with Gasteiger partial charge in [-0.2, -0.15) is 0 Å². The lowest BCUT2D eigenvalue weighted by molar-refractivity contribution is -0.141. The minimum absolute atomic E-state index is 0.171. The number of carboxylic acid groups (broad SMARTS) is 1. The van der Waals surface area contributed by atoms with E-state index < -0.39 is 21.9 Å². The molecule has 2 atom stereocenters. The van der Waals surface area contributed by atoms with E-state index in [1.54, 1.807) is 18.2 Å². The molecule has 0 heterocycles. The van der Waals surface area contributed by atoms with Crippen molar-refractivity contribution in [1.29, 1.82) is 0 Å². The molecule has 2 rings (SSSR count). The molecule has 0 saturated heterocycles. The summed E-state index contributed by atoms with van der Waals surface area (Å²) in [6, 6.07) is 6.05. The van der Waals surface area contributed by atoms with Crippen molar-refractivity contribution in [3.05, 3.63) is 35.4 Å². The number of carboxylic acids is 1. The third-order valence-corrected chi connectivity index (χ3v) is 4.41. The third-order valence-electron chi connectivity index (χ3n) is 3.67. The van der Waals surface area contributed by atoms with Gasteiger partial charge in [-0.15, -0.1) is 0 Å². The SMILES string of the molecule is NS(=O)(=O)Cc1cccc(C(=O)N[C@@H]2CC[C@H](C(=O)O)C2)c1. The molecule has 1 saturated carbocycles. The summed E-state index contributed by atoms with van der Waals surface area (Å²) in [6.07, 6.45) is 1.59. The first-order chi connectivity index (χ1) is 10.2. The number of primary sulfonamides is 1. The van der Waals surface area contributed by atoms with Gasteiger partial charge in [0.25, 0.3) is 5.91 Å². The van der Waals surface area contributed by atoms with Gasteiger partial charge in [-0.05, 0) is 37.0 Å². The molecular formula is C14H18N2O5S. The molecule has 120 valence electrons. The maximum absolute atomic E-state index is 12.2. The Hall–Kier alpha value is -1.93. The van der Waals surface area contributed by atoms with E-state index in [-0.39, 0.29) is 17.7 Å². The Morgan fingerprint density at radius 1 is 1.32 bits per heavy atom. The number of hydrogen-bond acceptors (Lipinski definition) is 4. The Kier molecular flexibility index (Phi) is 4.82. The molecule has 1 fully saturated rings. The number of sulfonamides is 1. The van der Waals surface area contributed by atoms with E-state index in [1.807, 2.05) is 0 Å². The molecule has 7 nitrogen and oxygen atoms in total. The highest BCUT2D eigenvalue weighted by Crippen LogP contribution is 2.25. The van der Waals surface area contributed by atoms with E-state index in [0.29, 0.717) is 30.4 Å². The van der Waals surface area contributed by atoms with Gasteiger partial charge in [-0.1, -0.05) is 12.1 Å². The van der Waals surface area contributed by atoms with Crippen molar-refractivity contribution in [2.24, 2.45) is 11.1 Å². The molecule has 22 heavy (non-hydrogen) atoms. The fourth-order valence-electron chi connectivity index (χ4n) is 2.64. The number of carbonyl (C=O) groups is 2. The smallest absolute Gasteiger partial charge is 0.306 e. The van der Waals surface area contributed by atoms with E-state index in [4.69, 9.17) is 10.2 Å². The van der Waals surface area contributed by atoms with Crippen LogP contribution in [0.5, 0.6) is 0 Å². The fraction of sp³-hybridized carbons (Fsp3) is 0.429. The zero-order valence-corrected chi connectivity index (χ0v) is 12.7. The van der Waals surface area contributed by atoms with Crippen LogP contribution in [-0.4, -0.2) is 31.4 Å². The standard InChI is InChI=1S/C14H18N2O5S/c15-22(20,21)8-9-2-1-3-10(6-9)13(17)16-12-5-4-11(7-12)14(18)19/h1-3,6,11-12H,4-5,7-8H2,(H,16,17)(H,18,19)(H2,15,20,21)/t11-,12+/m0/s1. The van der Waals surface area contributed by atoms with E-state index in [1.165, 1.54) is 6.07 Å². The van der Waals surface area contributed by atoms with Gasteiger partial charge in [-0.25, -0.2) is 13.6 Å². The average molecular weight is 326 g/mol. The second-order valence-electron chi connectivity index (χ2n) is 5.53. The summed E-state index contributed by atoms with van der Waals surface area (Å²) in [4.78, 5) is 23.1. The Morgan fingerprint density at radius 3 is 2.64 bits per heavy atom. The summed E-state index contributed by atoms with van der Waals surface area (Å²) in [5, 5.41) is 16.7. The maximum Gasteiger partial charge on any atom is 0.306 e. The van der Waals surface area contributed by atoms with Gasteiger partial charge in [0.05, 0.1) is 11.7 Å². The molecular weight excluding hydrogens is 308 g/mol. The first-order valence-electron chi connectivity index (χ1n) is 6.87. The predicted molar refractivity (Wildman–Crippen MR) is 79.5 cm³/mol. The quantitative estimate of drug-likeness (QED) is 0.724. The molecule has 4 N–H and O–H groups in total. The molecule has 0 unspecified atom stereocenters. The van der Waals surface area contributed by atoms with Crippen molar-refractivity contribution in [3.8, 4) is 0 Å². The normalized spacial score (nSPS) is 21.5. The Labute approximate surface area is 128 Å². The Morgan fingerprint density at radius 2 is 2.05 bits per heavy atom. The lowest BCUT2D eigenvalue weighted by Crippen LogP contribution is -2.33. The number of carbonyl (C=O) groups excluding carboxylic acids is 1. The number of nitrogens with two attached hydrogens (primary N) is 1. The van der Waals surface area contributed by atoms with Crippen LogP contribution in [0.4, 0.5) is 0 Å². The van der Waals surface area contributed by atoms with Crippen molar-refractivity contribution in [3.63, 3.8) is 0 Å². The van der Waals surface area contributed by atoms with Crippen molar-refractivity contribution in [2.45, 2.75) is 31.1 Å². The van der Waals surface area contributed by atoms with Gasteiger partial charge in [0.15, 0.2) is 0 Å². The van der Waals surface area contributed by atoms with Crippen molar-refractivity contribution < 1.29 is 23.1 Å². The fourth-order valence-corrected chi connectivity index (χ4v) is 3.28. The van der Waals surface area contributed by atoms with E-state index in [2.05, 4.69) is 5.32 Å². The minimum atomic E-state index is -3.66. The average Bonchev–Trinajstić information content (AvgIpc) is 2.85. The van der Waals surface area contributed by atoms with Crippen LogP contribution in [0.25, 0.3) is 0 Å². The molecule has 0 spiro atoms. The second-order valence-corrected chi connectivity index (χ2v) is 7.14. The molecule has 0 aliphatic heterocycles. The van der Waals surface area contributed by atoms with Gasteiger partial charge in [0.1, 0.15) is 0 Å². The van der Waals surface area contributed by atoms with E-state index >= 15 is 0 Å². The monoisotopic (exact) mass is 326 g/mol. The van der Waals surface area contributed by atoms with Crippen LogP contribution >= 0.6 is 0 Å². The molecule has 1 aliphatic rings. The summed E-state index contributed by atoms with van der Waals surface area (Å²) < 4.78 is 22.2. The molecule has 0 radical (unpaired) electrons. The zero-order valence-electron chi connectivity index (χ0n) is 11.9. The summed E-state index contributed by atoms with van der Waals surface area (Å²) in [6.45, 7) is 0. The Bertz CT molecular complexity index is 686. The summed E-state index contributed by atoms with van der Waals surface area (Å²) in [5.41, 5.74) is 0.768. The van der Waals surface area contributed by atoms with Crippen LogP contribution in [0.1, 0.15) is 35.2 Å². The molecule has 8 heteroatoms. The van der Waals surface area contributed by atoms with Crippen molar-refractivity contribution in [2.75, 3.05) is 0 Å². The number of amides is 1. The number of hydrogen-bond donors (Lipinski definition) is 3. The van der Waals surface area contributed by atoms with Crippen LogP contribution in [0, 0.1) is 5.92 Å². The maximum atomic E-state index is 12.2. The van der Waals surface area contributed by atoms with Crippen LogP contribution in [0.3, 0.4) is 0 Å². The highest BCUT2D eigenvalue weighted by molar-refractivity contribution is 7.88. The van der Waals surface area contributed by atoms with Gasteiger partial charge < -0.3 is 10.4 Å². The first kappa shape index (κ1) is 16.4. The minimum Gasteiger partial charge on any atom is -0.481 e. The second kappa shape index (κ2) is 6.45.